The molecule has 14 heavy (non-hydrogen) atoms. The van der Waals surface area contributed by atoms with Crippen molar-refractivity contribution < 1.29 is 9.84 Å². The van der Waals surface area contributed by atoms with E-state index in [-0.39, 0.29) is 17.6 Å². The molecule has 0 radical (unpaired) electrons. The van der Waals surface area contributed by atoms with Crippen molar-refractivity contribution in [1.82, 2.24) is 0 Å². The maximum atomic E-state index is 8.80. The molecule has 0 aromatic carbocycles. The predicted octanol–water partition coefficient (Wildman–Crippen LogP) is 0.856. The molecule has 84 valence electrons. The Hall–Kier alpha value is 0.230. The SMILES string of the molecule is CC1(C)CCSCC1(CN)OCCO. The van der Waals surface area contributed by atoms with Crippen LogP contribution in [0.3, 0.4) is 0 Å². The lowest BCUT2D eigenvalue weighted by molar-refractivity contribution is -0.111. The highest BCUT2D eigenvalue weighted by Crippen LogP contribution is 2.44. The van der Waals surface area contributed by atoms with E-state index < -0.39 is 0 Å². The predicted molar refractivity (Wildman–Crippen MR) is 60.5 cm³/mol. The number of nitrogens with two attached hydrogens (primary N) is 1. The number of ether oxygens (including phenoxy) is 1. The number of aliphatic hydroxyl groups excluding tert-OH is 1. The first-order valence-electron chi connectivity index (χ1n) is 5.11. The summed E-state index contributed by atoms with van der Waals surface area (Å²) in [5.41, 5.74) is 5.70. The fourth-order valence-corrected chi connectivity index (χ4v) is 3.58. The van der Waals surface area contributed by atoms with Crippen LogP contribution in [0.4, 0.5) is 0 Å². The van der Waals surface area contributed by atoms with E-state index in [1.807, 2.05) is 11.8 Å². The molecule has 0 aliphatic carbocycles. The Morgan fingerprint density at radius 1 is 1.50 bits per heavy atom. The lowest BCUT2D eigenvalue weighted by Gasteiger charge is -2.48. The van der Waals surface area contributed by atoms with E-state index in [4.69, 9.17) is 15.6 Å². The van der Waals surface area contributed by atoms with Gasteiger partial charge in [0.25, 0.3) is 0 Å². The van der Waals surface area contributed by atoms with Crippen LogP contribution in [0, 0.1) is 5.41 Å². The second-order valence-corrected chi connectivity index (χ2v) is 5.56. The molecule has 0 aromatic heterocycles. The third-order valence-electron chi connectivity index (χ3n) is 3.24. The summed E-state index contributed by atoms with van der Waals surface area (Å²) in [6, 6.07) is 0. The van der Waals surface area contributed by atoms with Gasteiger partial charge in [0.05, 0.1) is 18.8 Å². The summed E-state index contributed by atoms with van der Waals surface area (Å²) in [6.07, 6.45) is 1.13. The van der Waals surface area contributed by atoms with Gasteiger partial charge in [0.1, 0.15) is 0 Å². The molecule has 3 nitrogen and oxygen atoms in total. The Balaban J connectivity index is 2.72. The second kappa shape index (κ2) is 4.84. The van der Waals surface area contributed by atoms with Gasteiger partial charge >= 0.3 is 0 Å². The van der Waals surface area contributed by atoms with E-state index in [9.17, 15) is 0 Å². The van der Waals surface area contributed by atoms with Gasteiger partial charge in [0.2, 0.25) is 0 Å². The van der Waals surface area contributed by atoms with E-state index >= 15 is 0 Å². The van der Waals surface area contributed by atoms with Crippen LogP contribution < -0.4 is 5.73 Å². The number of thioether (sulfide) groups is 1. The Morgan fingerprint density at radius 2 is 2.21 bits per heavy atom. The molecule has 1 heterocycles. The Labute approximate surface area is 90.4 Å². The van der Waals surface area contributed by atoms with Gasteiger partial charge in [-0.25, -0.2) is 0 Å². The summed E-state index contributed by atoms with van der Waals surface area (Å²) in [5.74, 6) is 2.12. The van der Waals surface area contributed by atoms with E-state index in [1.165, 1.54) is 5.75 Å². The lowest BCUT2D eigenvalue weighted by Crippen LogP contribution is -2.57. The van der Waals surface area contributed by atoms with Gasteiger partial charge in [0, 0.05) is 12.3 Å². The third kappa shape index (κ3) is 2.24. The molecule has 0 saturated carbocycles. The van der Waals surface area contributed by atoms with Crippen molar-refractivity contribution in [2.24, 2.45) is 11.1 Å². The van der Waals surface area contributed by atoms with Crippen molar-refractivity contribution in [3.05, 3.63) is 0 Å². The zero-order chi connectivity index (χ0) is 10.7. The maximum Gasteiger partial charge on any atom is 0.0945 e. The van der Waals surface area contributed by atoms with Crippen LogP contribution in [-0.2, 0) is 4.74 Å². The van der Waals surface area contributed by atoms with Gasteiger partial charge in [-0.15, -0.1) is 0 Å². The Bertz CT molecular complexity index is 187. The molecule has 3 N–H and O–H groups in total. The summed E-state index contributed by atoms with van der Waals surface area (Å²) in [5, 5.41) is 8.80. The van der Waals surface area contributed by atoms with Crippen LogP contribution in [-0.4, -0.2) is 42.0 Å². The fraction of sp³-hybridized carbons (Fsp3) is 1.00. The van der Waals surface area contributed by atoms with E-state index in [0.29, 0.717) is 13.2 Å². The highest BCUT2D eigenvalue weighted by molar-refractivity contribution is 7.99. The van der Waals surface area contributed by atoms with Crippen molar-refractivity contribution in [3.63, 3.8) is 0 Å². The van der Waals surface area contributed by atoms with Crippen LogP contribution in [0.2, 0.25) is 0 Å². The molecular formula is C10H21NO2S. The van der Waals surface area contributed by atoms with Gasteiger partial charge in [-0.3, -0.25) is 0 Å². The van der Waals surface area contributed by atoms with Crippen molar-refractivity contribution in [3.8, 4) is 0 Å². The van der Waals surface area contributed by atoms with Gasteiger partial charge in [-0.2, -0.15) is 11.8 Å². The number of rotatable bonds is 4. The lowest BCUT2D eigenvalue weighted by atomic mass is 9.73. The largest absolute Gasteiger partial charge is 0.394 e. The molecule has 1 fully saturated rings. The molecule has 0 amide bonds. The van der Waals surface area contributed by atoms with E-state index in [2.05, 4.69) is 13.8 Å². The van der Waals surface area contributed by atoms with Crippen LogP contribution in [0.15, 0.2) is 0 Å². The Morgan fingerprint density at radius 3 is 2.71 bits per heavy atom. The molecule has 0 spiro atoms. The monoisotopic (exact) mass is 219 g/mol. The van der Waals surface area contributed by atoms with Crippen LogP contribution in [0.5, 0.6) is 0 Å². The van der Waals surface area contributed by atoms with E-state index in [1.54, 1.807) is 0 Å². The third-order valence-corrected chi connectivity index (χ3v) is 4.40. The van der Waals surface area contributed by atoms with Gasteiger partial charge in [0.15, 0.2) is 0 Å². The number of hydrogen-bond donors (Lipinski definition) is 2. The summed E-state index contributed by atoms with van der Waals surface area (Å²) in [7, 11) is 0. The van der Waals surface area contributed by atoms with E-state index in [0.717, 1.165) is 12.2 Å². The summed E-state index contributed by atoms with van der Waals surface area (Å²) >= 11 is 1.89. The molecule has 1 atom stereocenters. The molecule has 1 saturated heterocycles. The highest BCUT2D eigenvalue weighted by Gasteiger charge is 2.47. The molecule has 1 aliphatic rings. The minimum absolute atomic E-state index is 0.0719. The summed E-state index contributed by atoms with van der Waals surface area (Å²) < 4.78 is 5.79. The quantitative estimate of drug-likeness (QED) is 0.736. The second-order valence-electron chi connectivity index (χ2n) is 4.46. The molecule has 4 heteroatoms. The molecule has 0 aromatic rings. The standard InChI is InChI=1S/C10H21NO2S/c1-9(2)3-6-14-8-10(9,7-11)13-5-4-12/h12H,3-8,11H2,1-2H3. The first-order valence-corrected chi connectivity index (χ1v) is 6.26. The fourth-order valence-electron chi connectivity index (χ4n) is 1.86. The summed E-state index contributed by atoms with van der Waals surface area (Å²) in [4.78, 5) is 0. The van der Waals surface area contributed by atoms with Crippen molar-refractivity contribution in [2.75, 3.05) is 31.3 Å². The van der Waals surface area contributed by atoms with Gasteiger partial charge < -0.3 is 15.6 Å². The number of hydrogen-bond acceptors (Lipinski definition) is 4. The minimum atomic E-state index is -0.251. The van der Waals surface area contributed by atoms with Crippen molar-refractivity contribution >= 4 is 11.8 Å². The van der Waals surface area contributed by atoms with Crippen molar-refractivity contribution in [2.45, 2.75) is 25.9 Å². The minimum Gasteiger partial charge on any atom is -0.394 e. The normalized spacial score (nSPS) is 31.7. The van der Waals surface area contributed by atoms with Crippen LogP contribution in [0.25, 0.3) is 0 Å². The zero-order valence-corrected chi connectivity index (χ0v) is 9.90. The Kier molecular flexibility index (Phi) is 4.25. The van der Waals surface area contributed by atoms with Crippen molar-refractivity contribution in [1.29, 1.82) is 0 Å². The summed E-state index contributed by atoms with van der Waals surface area (Å²) in [6.45, 7) is 5.41. The molecule has 0 bridgehead atoms. The average molecular weight is 219 g/mol. The van der Waals surface area contributed by atoms with Gasteiger partial charge in [-0.05, 0) is 17.6 Å². The first kappa shape index (κ1) is 12.3. The van der Waals surface area contributed by atoms with Crippen LogP contribution >= 0.6 is 11.8 Å². The highest BCUT2D eigenvalue weighted by atomic mass is 32.2. The topological polar surface area (TPSA) is 55.5 Å². The maximum absolute atomic E-state index is 8.80. The van der Waals surface area contributed by atoms with Crippen LogP contribution in [0.1, 0.15) is 20.3 Å². The molecule has 1 aliphatic heterocycles. The number of aliphatic hydroxyl groups is 1. The molecular weight excluding hydrogens is 198 g/mol. The smallest absolute Gasteiger partial charge is 0.0945 e. The van der Waals surface area contributed by atoms with Gasteiger partial charge in [-0.1, -0.05) is 13.8 Å². The molecule has 1 unspecified atom stereocenters. The average Bonchev–Trinajstić information content (AvgIpc) is 2.16. The first-order chi connectivity index (χ1) is 6.58. The molecule has 1 rings (SSSR count). The zero-order valence-electron chi connectivity index (χ0n) is 9.08.